The molecule has 2 N–H and O–H groups in total. The van der Waals surface area contributed by atoms with Crippen molar-refractivity contribution < 1.29 is 26.4 Å². The summed E-state index contributed by atoms with van der Waals surface area (Å²) in [4.78, 5) is 16.7. The number of carbonyl (C=O) groups excluding carboxylic acids is 1. The zero-order valence-corrected chi connectivity index (χ0v) is 20.1. The Morgan fingerprint density at radius 3 is 2.47 bits per heavy atom. The van der Waals surface area contributed by atoms with E-state index in [1.165, 1.54) is 54.9 Å². The van der Waals surface area contributed by atoms with Crippen molar-refractivity contribution in [2.24, 2.45) is 0 Å². The van der Waals surface area contributed by atoms with Gasteiger partial charge in [-0.15, -0.1) is 0 Å². The second-order valence-corrected chi connectivity index (χ2v) is 11.4. The fraction of sp³-hybridized carbons (Fsp3) is 0.143. The number of ether oxygens (including phenoxy) is 1. The lowest BCUT2D eigenvalue weighted by Gasteiger charge is -2.34. The molecular formula is C21H19ClN4O6S2. The van der Waals surface area contributed by atoms with Gasteiger partial charge in [-0.25, -0.2) is 16.8 Å². The SMILES string of the molecule is CS(=O)(=O)N1CC(C(=O)Nc2ccc(S(=O)(=O)Nc3cccnc3)cc2)Oc2ccc(Cl)cc21. The first kappa shape index (κ1) is 23.8. The molecule has 3 aromatic rings. The van der Waals surface area contributed by atoms with Gasteiger partial charge in [-0.05, 0) is 54.6 Å². The molecule has 0 fully saturated rings. The predicted octanol–water partition coefficient (Wildman–Crippen LogP) is 2.70. The first-order valence-corrected chi connectivity index (χ1v) is 13.5. The zero-order valence-electron chi connectivity index (χ0n) is 17.7. The maximum Gasteiger partial charge on any atom is 0.267 e. The number of pyridine rings is 1. The van der Waals surface area contributed by atoms with Crippen LogP contribution in [0.3, 0.4) is 0 Å². The molecule has 10 nitrogen and oxygen atoms in total. The predicted molar refractivity (Wildman–Crippen MR) is 128 cm³/mol. The van der Waals surface area contributed by atoms with E-state index in [2.05, 4.69) is 15.0 Å². The molecule has 0 bridgehead atoms. The van der Waals surface area contributed by atoms with Crippen LogP contribution in [0.4, 0.5) is 17.1 Å². The summed E-state index contributed by atoms with van der Waals surface area (Å²) >= 11 is 5.98. The number of fused-ring (bicyclic) bond motifs is 1. The number of carbonyl (C=O) groups is 1. The van der Waals surface area contributed by atoms with Crippen LogP contribution in [-0.2, 0) is 24.8 Å². The van der Waals surface area contributed by atoms with E-state index >= 15 is 0 Å². The molecule has 1 aromatic heterocycles. The zero-order chi connectivity index (χ0) is 24.5. The van der Waals surface area contributed by atoms with Crippen LogP contribution in [0.2, 0.25) is 5.02 Å². The summed E-state index contributed by atoms with van der Waals surface area (Å²) in [5, 5.41) is 2.94. The van der Waals surface area contributed by atoms with Gasteiger partial charge >= 0.3 is 0 Å². The van der Waals surface area contributed by atoms with Crippen LogP contribution in [0.25, 0.3) is 0 Å². The monoisotopic (exact) mass is 522 g/mol. The van der Waals surface area contributed by atoms with Crippen molar-refractivity contribution >= 4 is 54.6 Å². The number of hydrogen-bond acceptors (Lipinski definition) is 7. The first-order chi connectivity index (χ1) is 16.0. The van der Waals surface area contributed by atoms with Gasteiger partial charge in [0.25, 0.3) is 15.9 Å². The molecule has 1 aliphatic heterocycles. The van der Waals surface area contributed by atoms with Crippen LogP contribution < -0.4 is 19.1 Å². The third-order valence-corrected chi connectivity index (χ3v) is 7.61. The summed E-state index contributed by atoms with van der Waals surface area (Å²) in [6, 6.07) is 13.1. The molecule has 1 amide bonds. The highest BCUT2D eigenvalue weighted by Gasteiger charge is 2.35. The van der Waals surface area contributed by atoms with E-state index in [1.807, 2.05) is 0 Å². The summed E-state index contributed by atoms with van der Waals surface area (Å²) in [7, 11) is -7.56. The number of halogens is 1. The molecular weight excluding hydrogens is 504 g/mol. The quantitative estimate of drug-likeness (QED) is 0.508. The summed E-state index contributed by atoms with van der Waals surface area (Å²) in [6.07, 6.45) is 2.78. The molecule has 13 heteroatoms. The third-order valence-electron chi connectivity index (χ3n) is 4.83. The van der Waals surface area contributed by atoms with Crippen LogP contribution >= 0.6 is 11.6 Å². The van der Waals surface area contributed by atoms with Crippen LogP contribution in [0, 0.1) is 0 Å². The lowest BCUT2D eigenvalue weighted by Crippen LogP contribution is -2.48. The Bertz CT molecular complexity index is 1430. The van der Waals surface area contributed by atoms with Crippen molar-refractivity contribution in [2.75, 3.05) is 27.1 Å². The van der Waals surface area contributed by atoms with Crippen molar-refractivity contribution in [3.05, 3.63) is 72.0 Å². The Morgan fingerprint density at radius 2 is 1.82 bits per heavy atom. The molecule has 2 aromatic carbocycles. The van der Waals surface area contributed by atoms with Crippen molar-refractivity contribution in [3.8, 4) is 5.75 Å². The molecule has 1 atom stereocenters. The largest absolute Gasteiger partial charge is 0.476 e. The first-order valence-electron chi connectivity index (χ1n) is 9.81. The van der Waals surface area contributed by atoms with Crippen LogP contribution in [0.5, 0.6) is 5.75 Å². The lowest BCUT2D eigenvalue weighted by atomic mass is 10.2. The Labute approximate surface area is 201 Å². The van der Waals surface area contributed by atoms with E-state index in [1.54, 1.807) is 12.1 Å². The van der Waals surface area contributed by atoms with Gasteiger partial charge < -0.3 is 10.1 Å². The number of benzene rings is 2. The molecule has 0 saturated carbocycles. The Morgan fingerprint density at radius 1 is 1.09 bits per heavy atom. The number of aromatic nitrogens is 1. The van der Waals surface area contributed by atoms with Gasteiger partial charge in [0.1, 0.15) is 5.75 Å². The smallest absolute Gasteiger partial charge is 0.267 e. The lowest BCUT2D eigenvalue weighted by molar-refractivity contribution is -0.122. The molecule has 2 heterocycles. The van der Waals surface area contributed by atoms with E-state index in [0.717, 1.165) is 10.6 Å². The van der Waals surface area contributed by atoms with Crippen molar-refractivity contribution in [1.82, 2.24) is 4.98 Å². The Hall–Kier alpha value is -3.35. The van der Waals surface area contributed by atoms with Crippen LogP contribution in [-0.4, -0.2) is 46.6 Å². The number of rotatable bonds is 6. The maximum atomic E-state index is 12.8. The minimum Gasteiger partial charge on any atom is -0.476 e. The molecule has 0 aliphatic carbocycles. The summed E-state index contributed by atoms with van der Waals surface area (Å²) in [5.41, 5.74) is 0.864. The van der Waals surface area contributed by atoms with E-state index in [4.69, 9.17) is 16.3 Å². The molecule has 0 spiro atoms. The highest BCUT2D eigenvalue weighted by Crippen LogP contribution is 2.37. The van der Waals surface area contributed by atoms with Gasteiger partial charge in [-0.3, -0.25) is 18.8 Å². The van der Waals surface area contributed by atoms with Crippen molar-refractivity contribution in [3.63, 3.8) is 0 Å². The number of nitrogens with one attached hydrogen (secondary N) is 2. The average Bonchev–Trinajstić information content (AvgIpc) is 2.78. The highest BCUT2D eigenvalue weighted by molar-refractivity contribution is 7.92. The van der Waals surface area contributed by atoms with Gasteiger partial charge in [0.15, 0.2) is 6.10 Å². The van der Waals surface area contributed by atoms with Gasteiger partial charge in [0, 0.05) is 16.9 Å². The molecule has 1 unspecified atom stereocenters. The average molecular weight is 523 g/mol. The van der Waals surface area contributed by atoms with Gasteiger partial charge in [-0.1, -0.05) is 11.6 Å². The third kappa shape index (κ3) is 5.24. The maximum absolute atomic E-state index is 12.8. The molecule has 178 valence electrons. The highest BCUT2D eigenvalue weighted by atomic mass is 35.5. The fourth-order valence-electron chi connectivity index (χ4n) is 3.25. The van der Waals surface area contributed by atoms with E-state index in [9.17, 15) is 21.6 Å². The number of nitrogens with zero attached hydrogens (tertiary/aromatic N) is 2. The fourth-order valence-corrected chi connectivity index (χ4v) is 5.37. The molecule has 34 heavy (non-hydrogen) atoms. The van der Waals surface area contributed by atoms with Gasteiger partial charge in [-0.2, -0.15) is 0 Å². The van der Waals surface area contributed by atoms with E-state index < -0.39 is 32.1 Å². The topological polar surface area (TPSA) is 135 Å². The van der Waals surface area contributed by atoms with Crippen molar-refractivity contribution in [2.45, 2.75) is 11.0 Å². The number of hydrogen-bond donors (Lipinski definition) is 2. The normalized spacial score (nSPS) is 15.7. The van der Waals surface area contributed by atoms with Crippen LogP contribution in [0.1, 0.15) is 0 Å². The van der Waals surface area contributed by atoms with Gasteiger partial charge in [0.05, 0.1) is 35.3 Å². The number of amides is 1. The second kappa shape index (κ2) is 9.12. The number of anilines is 3. The number of sulfonamides is 2. The van der Waals surface area contributed by atoms with Crippen LogP contribution in [0.15, 0.2) is 71.9 Å². The minimum atomic E-state index is -3.85. The van der Waals surface area contributed by atoms with Crippen molar-refractivity contribution in [1.29, 1.82) is 0 Å². The van der Waals surface area contributed by atoms with Gasteiger partial charge in [0.2, 0.25) is 10.0 Å². The summed E-state index contributed by atoms with van der Waals surface area (Å²) in [5.74, 6) is -0.400. The molecule has 4 rings (SSSR count). The second-order valence-electron chi connectivity index (χ2n) is 7.37. The summed E-state index contributed by atoms with van der Waals surface area (Å²) < 4.78 is 58.8. The van der Waals surface area contributed by atoms with E-state index in [0.29, 0.717) is 16.4 Å². The minimum absolute atomic E-state index is 0.0164. The molecule has 1 aliphatic rings. The molecule has 0 radical (unpaired) electrons. The molecule has 0 saturated heterocycles. The Balaban J connectivity index is 1.49. The Kier molecular flexibility index (Phi) is 6.39. The van der Waals surface area contributed by atoms with E-state index in [-0.39, 0.29) is 22.9 Å². The summed E-state index contributed by atoms with van der Waals surface area (Å²) in [6.45, 7) is -0.250. The standard InChI is InChI=1S/C21H19ClN4O6S2/c1-33(28,29)26-13-20(32-19-9-4-14(22)11-18(19)26)21(27)24-15-5-7-17(8-6-15)34(30,31)25-16-3-2-10-23-12-16/h2-12,20,25H,13H2,1H3,(H,24,27).